The van der Waals surface area contributed by atoms with Crippen LogP contribution in [0.1, 0.15) is 96.0 Å². The van der Waals surface area contributed by atoms with Crippen molar-refractivity contribution in [1.29, 1.82) is 0 Å². The molecule has 2 fully saturated rings. The van der Waals surface area contributed by atoms with Gasteiger partial charge in [-0.3, -0.25) is 4.79 Å². The van der Waals surface area contributed by atoms with Crippen LogP contribution >= 0.6 is 0 Å². The first kappa shape index (κ1) is 34.6. The normalized spacial score (nSPS) is 23.4. The van der Waals surface area contributed by atoms with Crippen molar-refractivity contribution in [3.63, 3.8) is 0 Å². The fraction of sp³-hybridized carbons (Fsp3) is 0.750. The number of esters is 2. The fourth-order valence-corrected chi connectivity index (χ4v) is 5.89. The molecule has 0 radical (unpaired) electrons. The molecule has 2 aliphatic rings. The number of aromatic nitrogens is 1. The third kappa shape index (κ3) is 10.9. The highest BCUT2D eigenvalue weighted by atomic mass is 16.7. The highest BCUT2D eigenvalue weighted by Gasteiger charge is 2.36. The van der Waals surface area contributed by atoms with E-state index >= 15 is 0 Å². The number of cyclic esters (lactones) is 1. The number of carbonyl (C=O) groups excluding carboxylic acids is 3. The molecule has 1 saturated heterocycles. The lowest BCUT2D eigenvalue weighted by Gasteiger charge is -2.34. The highest BCUT2D eigenvalue weighted by molar-refractivity contribution is 5.98. The van der Waals surface area contributed by atoms with E-state index in [2.05, 4.69) is 24.1 Å². The summed E-state index contributed by atoms with van der Waals surface area (Å²) in [7, 11) is 1.42. The molecule has 1 saturated carbocycles. The Balaban J connectivity index is 1.72. The Morgan fingerprint density at radius 2 is 1.88 bits per heavy atom. The summed E-state index contributed by atoms with van der Waals surface area (Å²) in [6, 6.07) is 0.646. The number of hydrogen-bond donors (Lipinski definition) is 1. The van der Waals surface area contributed by atoms with Gasteiger partial charge in [-0.05, 0) is 50.9 Å². The topological polar surface area (TPSA) is 132 Å². The maximum atomic E-state index is 13.5. The van der Waals surface area contributed by atoms with Gasteiger partial charge in [-0.25, -0.2) is 14.6 Å². The minimum Gasteiger partial charge on any atom is -0.493 e. The predicted molar refractivity (Wildman–Crippen MR) is 159 cm³/mol. The minimum atomic E-state index is -0.876. The second-order valence-corrected chi connectivity index (χ2v) is 11.9. The molecule has 1 amide bonds. The molecule has 4 atom stereocenters. The zero-order chi connectivity index (χ0) is 31.2. The lowest BCUT2D eigenvalue weighted by Crippen LogP contribution is -2.45. The molecule has 2 heterocycles. The fourth-order valence-electron chi connectivity index (χ4n) is 5.89. The maximum Gasteiger partial charge on any atom is 0.334 e. The van der Waals surface area contributed by atoms with Crippen molar-refractivity contribution < 1.29 is 42.8 Å². The number of methoxy groups -OCH3 is 1. The quantitative estimate of drug-likeness (QED) is 0.232. The van der Waals surface area contributed by atoms with E-state index in [1.807, 2.05) is 6.92 Å². The molecule has 1 aliphatic heterocycles. The van der Waals surface area contributed by atoms with E-state index in [1.165, 1.54) is 51.5 Å². The number of nitrogens with zero attached hydrogens (tertiary/aromatic N) is 1. The largest absolute Gasteiger partial charge is 0.493 e. The van der Waals surface area contributed by atoms with Gasteiger partial charge in [0.25, 0.3) is 5.91 Å². The van der Waals surface area contributed by atoms with Gasteiger partial charge in [0.05, 0.1) is 13.2 Å². The molecule has 1 aromatic rings. The number of carbonyl (C=O) groups is 3. The number of ether oxygens (including phenoxy) is 6. The van der Waals surface area contributed by atoms with Gasteiger partial charge in [0.1, 0.15) is 18.8 Å². The summed E-state index contributed by atoms with van der Waals surface area (Å²) in [5.74, 6) is -0.243. The number of pyridine rings is 1. The van der Waals surface area contributed by atoms with Crippen LogP contribution in [0.2, 0.25) is 0 Å². The van der Waals surface area contributed by atoms with Crippen LogP contribution in [0.5, 0.6) is 11.5 Å². The van der Waals surface area contributed by atoms with Gasteiger partial charge < -0.3 is 33.7 Å². The molecule has 1 N–H and O–H groups in total. The summed E-state index contributed by atoms with van der Waals surface area (Å²) in [6.45, 7) is 8.15. The van der Waals surface area contributed by atoms with E-state index in [1.54, 1.807) is 6.92 Å². The van der Waals surface area contributed by atoms with Crippen LogP contribution in [-0.4, -0.2) is 74.8 Å². The van der Waals surface area contributed by atoms with E-state index < -0.39 is 36.8 Å². The van der Waals surface area contributed by atoms with Crippen molar-refractivity contribution >= 4 is 17.8 Å². The lowest BCUT2D eigenvalue weighted by atomic mass is 9.78. The second kappa shape index (κ2) is 18.0. The Hall–Kier alpha value is -2.92. The Labute approximate surface area is 255 Å². The SMILES string of the molecule is CCOCC(=O)OCOc1c(OC)ccnc1C(=O)NC1CCCC(CC2CCCCC2)C(OCC(C)C)C(C)OC1=O. The molecule has 11 nitrogen and oxygen atoms in total. The Morgan fingerprint density at radius 1 is 1.12 bits per heavy atom. The molecule has 0 aromatic carbocycles. The third-order valence-corrected chi connectivity index (χ3v) is 8.02. The molecule has 43 heavy (non-hydrogen) atoms. The molecular formula is C32H50N2O9. The van der Waals surface area contributed by atoms with Gasteiger partial charge in [0.2, 0.25) is 6.79 Å². The van der Waals surface area contributed by atoms with Gasteiger partial charge in [0.15, 0.2) is 17.2 Å². The molecule has 4 unspecified atom stereocenters. The van der Waals surface area contributed by atoms with E-state index in [0.717, 1.165) is 19.3 Å². The van der Waals surface area contributed by atoms with Crippen molar-refractivity contribution in [2.24, 2.45) is 17.8 Å². The summed E-state index contributed by atoms with van der Waals surface area (Å²) in [5, 5.41) is 2.80. The van der Waals surface area contributed by atoms with E-state index in [9.17, 15) is 14.4 Å². The average molecular weight is 607 g/mol. The molecule has 3 rings (SSSR count). The predicted octanol–water partition coefficient (Wildman–Crippen LogP) is 4.85. The molecule has 1 aromatic heterocycles. The summed E-state index contributed by atoms with van der Waals surface area (Å²) in [4.78, 5) is 42.8. The van der Waals surface area contributed by atoms with Crippen molar-refractivity contribution in [1.82, 2.24) is 10.3 Å². The van der Waals surface area contributed by atoms with E-state index in [4.69, 9.17) is 28.4 Å². The van der Waals surface area contributed by atoms with Crippen molar-refractivity contribution in [2.75, 3.05) is 33.7 Å². The smallest absolute Gasteiger partial charge is 0.334 e. The van der Waals surface area contributed by atoms with Crippen LogP contribution in [0.25, 0.3) is 0 Å². The first-order chi connectivity index (χ1) is 20.7. The van der Waals surface area contributed by atoms with Gasteiger partial charge in [-0.2, -0.15) is 0 Å². The van der Waals surface area contributed by atoms with Gasteiger partial charge in [0, 0.05) is 25.5 Å². The third-order valence-electron chi connectivity index (χ3n) is 8.02. The van der Waals surface area contributed by atoms with E-state index in [0.29, 0.717) is 31.5 Å². The summed E-state index contributed by atoms with van der Waals surface area (Å²) < 4.78 is 33.4. The van der Waals surface area contributed by atoms with Crippen LogP contribution in [0.3, 0.4) is 0 Å². The Kier molecular flexibility index (Phi) is 14.5. The molecular weight excluding hydrogens is 556 g/mol. The lowest BCUT2D eigenvalue weighted by molar-refractivity contribution is -0.162. The number of rotatable bonds is 14. The van der Waals surface area contributed by atoms with Crippen LogP contribution < -0.4 is 14.8 Å². The van der Waals surface area contributed by atoms with Crippen molar-refractivity contribution in [3.05, 3.63) is 18.0 Å². The van der Waals surface area contributed by atoms with E-state index in [-0.39, 0.29) is 35.8 Å². The van der Waals surface area contributed by atoms with Gasteiger partial charge in [-0.1, -0.05) is 52.4 Å². The summed E-state index contributed by atoms with van der Waals surface area (Å²) >= 11 is 0. The number of nitrogens with one attached hydrogen (secondary N) is 1. The zero-order valence-electron chi connectivity index (χ0n) is 26.4. The minimum absolute atomic E-state index is 0.00814. The monoisotopic (exact) mass is 606 g/mol. The molecule has 0 bridgehead atoms. The highest BCUT2D eigenvalue weighted by Crippen LogP contribution is 2.35. The van der Waals surface area contributed by atoms with Crippen LogP contribution in [0.4, 0.5) is 0 Å². The first-order valence-corrected chi connectivity index (χ1v) is 15.8. The standard InChI is InChI=1S/C32H50N2O9/c1-6-39-19-27(35)41-20-42-30-26(38-5)15-16-33-28(30)31(36)34-25-14-10-13-24(17-23-11-8-7-9-12-23)29(40-18-21(2)3)22(4)43-32(25)37/h15-16,21-25,29H,6-14,17-20H2,1-5H3,(H,34,36). The van der Waals surface area contributed by atoms with Crippen molar-refractivity contribution in [3.8, 4) is 11.5 Å². The van der Waals surface area contributed by atoms with Gasteiger partial charge in [-0.15, -0.1) is 0 Å². The average Bonchev–Trinajstić information content (AvgIpc) is 3.03. The number of hydrogen-bond acceptors (Lipinski definition) is 10. The van der Waals surface area contributed by atoms with Crippen LogP contribution in [0, 0.1) is 17.8 Å². The Morgan fingerprint density at radius 3 is 2.58 bits per heavy atom. The van der Waals surface area contributed by atoms with Crippen LogP contribution in [0.15, 0.2) is 12.3 Å². The first-order valence-electron chi connectivity index (χ1n) is 15.8. The molecule has 11 heteroatoms. The molecule has 0 spiro atoms. The van der Waals surface area contributed by atoms with Crippen molar-refractivity contribution in [2.45, 2.75) is 104 Å². The van der Waals surface area contributed by atoms with Gasteiger partial charge >= 0.3 is 11.9 Å². The molecule has 242 valence electrons. The maximum absolute atomic E-state index is 13.5. The summed E-state index contributed by atoms with van der Waals surface area (Å²) in [5.41, 5.74) is -0.103. The zero-order valence-corrected chi connectivity index (χ0v) is 26.4. The molecule has 1 aliphatic carbocycles. The Bertz CT molecular complexity index is 1030. The number of amides is 1. The second-order valence-electron chi connectivity index (χ2n) is 11.9. The summed E-state index contributed by atoms with van der Waals surface area (Å²) in [6.07, 6.45) is 10.2. The van der Waals surface area contributed by atoms with Crippen LogP contribution in [-0.2, 0) is 28.5 Å².